The predicted octanol–water partition coefficient (Wildman–Crippen LogP) is 5.15. The number of hydrogen-bond donors (Lipinski definition) is 0. The highest BCUT2D eigenvalue weighted by molar-refractivity contribution is 5.69. The van der Waals surface area contributed by atoms with E-state index in [0.717, 1.165) is 37.5 Å². The molecule has 32 heavy (non-hydrogen) atoms. The van der Waals surface area contributed by atoms with Crippen LogP contribution in [-0.2, 0) is 23.8 Å². The summed E-state index contributed by atoms with van der Waals surface area (Å²) in [5, 5.41) is 0. The largest absolute Gasteiger partial charge is 0.469 e. The molecule has 11 atom stereocenters. The highest BCUT2D eigenvalue weighted by Crippen LogP contribution is 2.73. The van der Waals surface area contributed by atoms with Crippen LogP contribution in [0.4, 0.5) is 0 Å². The predicted molar refractivity (Wildman–Crippen MR) is 121 cm³/mol. The first-order valence-electron chi connectivity index (χ1n) is 13.1. The second-order valence-corrected chi connectivity index (χ2v) is 12.2. The molecule has 1 aliphatic heterocycles. The Morgan fingerprint density at radius 1 is 1.12 bits per heavy atom. The molecule has 4 saturated carbocycles. The lowest BCUT2D eigenvalue weighted by atomic mass is 9.44. The molecule has 0 spiro atoms. The molecule has 0 unspecified atom stereocenters. The van der Waals surface area contributed by atoms with Gasteiger partial charge < -0.3 is 14.2 Å². The van der Waals surface area contributed by atoms with Gasteiger partial charge in [0.05, 0.1) is 19.3 Å². The lowest BCUT2D eigenvalue weighted by Crippen LogP contribution is -2.57. The van der Waals surface area contributed by atoms with Gasteiger partial charge in [-0.05, 0) is 92.3 Å². The molecular weight excluding hydrogens is 404 g/mol. The van der Waals surface area contributed by atoms with Gasteiger partial charge >= 0.3 is 11.9 Å². The van der Waals surface area contributed by atoms with Crippen molar-refractivity contribution in [3.8, 4) is 0 Å². The topological polar surface area (TPSA) is 65.1 Å². The zero-order valence-electron chi connectivity index (χ0n) is 20.6. The average molecular weight is 447 g/mol. The maximum atomic E-state index is 11.7. The lowest BCUT2D eigenvalue weighted by molar-refractivity contribution is -0.158. The standard InChI is InChI=1S/C27H42O5/c1-15(6-11-22(29)30-5)20-9-10-21-19-8-7-17-14-18(31-16(2)28)12-13-26(17,3)23(19)24-25(32-24)27(20,21)4/h15,17-21,23-25H,6-14H2,1-5H3/t15-,17+,18+,19-,20-,21+,23-,24-,25-,26-,27+/m0/s1. The zero-order chi connectivity index (χ0) is 22.8. The van der Waals surface area contributed by atoms with Gasteiger partial charge in [0.1, 0.15) is 6.10 Å². The van der Waals surface area contributed by atoms with Gasteiger partial charge in [-0.15, -0.1) is 0 Å². The molecule has 0 aromatic rings. The lowest BCUT2D eigenvalue weighted by Gasteiger charge is -2.59. The van der Waals surface area contributed by atoms with Crippen LogP contribution in [-0.4, -0.2) is 37.4 Å². The molecule has 180 valence electrons. The Morgan fingerprint density at radius 2 is 1.91 bits per heavy atom. The molecule has 0 N–H and O–H groups in total. The summed E-state index contributed by atoms with van der Waals surface area (Å²) in [5.74, 6) is 3.74. The van der Waals surface area contributed by atoms with Crippen molar-refractivity contribution >= 4 is 11.9 Å². The van der Waals surface area contributed by atoms with E-state index in [1.165, 1.54) is 39.7 Å². The third kappa shape index (κ3) is 3.35. The molecule has 5 fully saturated rings. The van der Waals surface area contributed by atoms with Crippen LogP contribution in [0.15, 0.2) is 0 Å². The summed E-state index contributed by atoms with van der Waals surface area (Å²) in [6.07, 6.45) is 10.7. The molecule has 5 aliphatic rings. The summed E-state index contributed by atoms with van der Waals surface area (Å²) >= 11 is 0. The van der Waals surface area contributed by atoms with Gasteiger partial charge in [-0.25, -0.2) is 0 Å². The fraction of sp³-hybridized carbons (Fsp3) is 0.926. The molecule has 1 saturated heterocycles. The Labute approximate surface area is 193 Å². The minimum atomic E-state index is -0.135. The number of fused-ring (bicyclic) bond motifs is 8. The van der Waals surface area contributed by atoms with Gasteiger partial charge in [0, 0.05) is 18.8 Å². The van der Waals surface area contributed by atoms with Crippen molar-refractivity contribution in [1.29, 1.82) is 0 Å². The minimum Gasteiger partial charge on any atom is -0.469 e. The maximum absolute atomic E-state index is 11.7. The van der Waals surface area contributed by atoms with Crippen molar-refractivity contribution in [2.75, 3.05) is 7.11 Å². The van der Waals surface area contributed by atoms with Crippen LogP contribution in [0.25, 0.3) is 0 Å². The monoisotopic (exact) mass is 446 g/mol. The van der Waals surface area contributed by atoms with Crippen LogP contribution in [0.2, 0.25) is 0 Å². The second-order valence-electron chi connectivity index (χ2n) is 12.2. The summed E-state index contributed by atoms with van der Waals surface area (Å²) in [5.41, 5.74) is 0.564. The maximum Gasteiger partial charge on any atom is 0.305 e. The Balaban J connectivity index is 1.33. The third-order valence-corrected chi connectivity index (χ3v) is 11.0. The smallest absolute Gasteiger partial charge is 0.305 e. The van der Waals surface area contributed by atoms with Gasteiger partial charge in [0.2, 0.25) is 0 Å². The molecule has 0 radical (unpaired) electrons. The first-order chi connectivity index (χ1) is 15.2. The van der Waals surface area contributed by atoms with Crippen LogP contribution in [0.1, 0.15) is 85.5 Å². The minimum absolute atomic E-state index is 0.0867. The third-order valence-electron chi connectivity index (χ3n) is 11.0. The van der Waals surface area contributed by atoms with Crippen molar-refractivity contribution in [3.63, 3.8) is 0 Å². The summed E-state index contributed by atoms with van der Waals surface area (Å²) in [6, 6.07) is 0. The normalized spacial score (nSPS) is 49.7. The zero-order valence-corrected chi connectivity index (χ0v) is 20.6. The van der Waals surface area contributed by atoms with E-state index in [0.29, 0.717) is 47.7 Å². The number of epoxide rings is 1. The van der Waals surface area contributed by atoms with Crippen LogP contribution in [0.3, 0.4) is 0 Å². The van der Waals surface area contributed by atoms with Gasteiger partial charge in [0.15, 0.2) is 0 Å². The van der Waals surface area contributed by atoms with E-state index in [1.807, 2.05) is 0 Å². The van der Waals surface area contributed by atoms with Crippen molar-refractivity contribution in [3.05, 3.63) is 0 Å². The molecule has 5 heteroatoms. The van der Waals surface area contributed by atoms with E-state index >= 15 is 0 Å². The fourth-order valence-electron chi connectivity index (χ4n) is 9.54. The van der Waals surface area contributed by atoms with Crippen molar-refractivity contribution < 1.29 is 23.8 Å². The highest BCUT2D eigenvalue weighted by Gasteiger charge is 2.73. The number of methoxy groups -OCH3 is 1. The number of carbonyl (C=O) groups is 2. The molecule has 5 rings (SSSR count). The summed E-state index contributed by atoms with van der Waals surface area (Å²) in [4.78, 5) is 23.2. The number of ether oxygens (including phenoxy) is 3. The van der Waals surface area contributed by atoms with E-state index in [2.05, 4.69) is 20.8 Å². The summed E-state index contributed by atoms with van der Waals surface area (Å²) < 4.78 is 17.1. The molecule has 4 aliphatic carbocycles. The van der Waals surface area contributed by atoms with Crippen LogP contribution in [0.5, 0.6) is 0 Å². The van der Waals surface area contributed by atoms with E-state index in [4.69, 9.17) is 14.2 Å². The first kappa shape index (κ1) is 22.7. The molecule has 5 nitrogen and oxygen atoms in total. The second kappa shape index (κ2) is 7.99. The van der Waals surface area contributed by atoms with Crippen molar-refractivity contribution in [2.24, 2.45) is 46.3 Å². The number of esters is 2. The molecule has 0 aromatic carbocycles. The van der Waals surface area contributed by atoms with E-state index < -0.39 is 0 Å². The number of rotatable bonds is 5. The number of carbonyl (C=O) groups excluding carboxylic acids is 2. The molecule has 0 amide bonds. The Kier molecular flexibility index (Phi) is 5.66. The van der Waals surface area contributed by atoms with E-state index in [1.54, 1.807) is 0 Å². The quantitative estimate of drug-likeness (QED) is 0.431. The summed E-state index contributed by atoms with van der Waals surface area (Å²) in [7, 11) is 1.49. The Hall–Kier alpha value is -1.10. The summed E-state index contributed by atoms with van der Waals surface area (Å²) in [6.45, 7) is 8.94. The SMILES string of the molecule is COC(=O)CC[C@H](C)[C@@H]1CC[C@@H]2[C@@H]3CC[C@@H]4C[C@H](OC(C)=O)CC[C@]4(C)[C@@H]3[C@@H]3O[C@@H]3[C@@]21C. The average Bonchev–Trinajstić information content (AvgIpc) is 3.47. The van der Waals surface area contributed by atoms with E-state index in [-0.39, 0.29) is 23.5 Å². The van der Waals surface area contributed by atoms with Crippen molar-refractivity contribution in [1.82, 2.24) is 0 Å². The highest BCUT2D eigenvalue weighted by atomic mass is 16.6. The van der Waals surface area contributed by atoms with Gasteiger partial charge in [-0.3, -0.25) is 9.59 Å². The van der Waals surface area contributed by atoms with Crippen LogP contribution >= 0.6 is 0 Å². The van der Waals surface area contributed by atoms with Gasteiger partial charge in [0.25, 0.3) is 0 Å². The Morgan fingerprint density at radius 3 is 2.62 bits per heavy atom. The molecule has 0 aromatic heterocycles. The number of hydrogen-bond acceptors (Lipinski definition) is 5. The molecule has 1 heterocycles. The Bertz CT molecular complexity index is 765. The van der Waals surface area contributed by atoms with Gasteiger partial charge in [-0.2, -0.15) is 0 Å². The fourth-order valence-corrected chi connectivity index (χ4v) is 9.54. The van der Waals surface area contributed by atoms with Crippen molar-refractivity contribution in [2.45, 2.75) is 104 Å². The van der Waals surface area contributed by atoms with Crippen LogP contribution < -0.4 is 0 Å². The van der Waals surface area contributed by atoms with Crippen LogP contribution in [0, 0.1) is 46.3 Å². The van der Waals surface area contributed by atoms with E-state index in [9.17, 15) is 9.59 Å². The molecular formula is C27H42O5. The molecule has 0 bridgehead atoms. The van der Waals surface area contributed by atoms with Gasteiger partial charge in [-0.1, -0.05) is 20.8 Å². The first-order valence-corrected chi connectivity index (χ1v) is 13.1.